The highest BCUT2D eigenvalue weighted by Gasteiger charge is 2.00. The van der Waals surface area contributed by atoms with Crippen LogP contribution in [0.4, 0.5) is 0 Å². The maximum atomic E-state index is 10.00. The summed E-state index contributed by atoms with van der Waals surface area (Å²) in [6, 6.07) is 1.83. The zero-order chi connectivity index (χ0) is 7.28. The summed E-state index contributed by atoms with van der Waals surface area (Å²) in [5, 5.41) is 16.2. The van der Waals surface area contributed by atoms with Crippen LogP contribution >= 0.6 is 0 Å². The Balaban J connectivity index is 3.55. The first kappa shape index (κ1) is 7.70. The molecule has 3 heteroatoms. The summed E-state index contributed by atoms with van der Waals surface area (Å²) in [6.07, 6.45) is 0.483. The van der Waals surface area contributed by atoms with Gasteiger partial charge in [0, 0.05) is 12.0 Å². The van der Waals surface area contributed by atoms with E-state index >= 15 is 0 Å². The van der Waals surface area contributed by atoms with Crippen LogP contribution in [0.1, 0.15) is 12.8 Å². The minimum absolute atomic E-state index is 0.0940. The van der Waals surface area contributed by atoms with Crippen molar-refractivity contribution in [2.24, 2.45) is 0 Å². The highest BCUT2D eigenvalue weighted by molar-refractivity contribution is 5.85. The van der Waals surface area contributed by atoms with Gasteiger partial charge >= 0.3 is 5.97 Å². The number of carboxylic acids is 1. The van der Waals surface area contributed by atoms with Gasteiger partial charge in [-0.3, -0.25) is 0 Å². The van der Waals surface area contributed by atoms with Crippen LogP contribution in [0.5, 0.6) is 0 Å². The van der Waals surface area contributed by atoms with Gasteiger partial charge in [-0.25, -0.2) is 4.79 Å². The normalized spacial score (nSPS) is 7.89. The average molecular weight is 125 g/mol. The molecule has 0 aliphatic heterocycles. The van der Waals surface area contributed by atoms with Gasteiger partial charge in [-0.2, -0.15) is 5.26 Å². The van der Waals surface area contributed by atoms with Crippen LogP contribution in [0, 0.1) is 11.3 Å². The monoisotopic (exact) mass is 125 g/mol. The molecule has 48 valence electrons. The molecule has 0 aromatic carbocycles. The third kappa shape index (κ3) is 3.30. The molecule has 0 heterocycles. The highest BCUT2D eigenvalue weighted by Crippen LogP contribution is 1.99. The van der Waals surface area contributed by atoms with Gasteiger partial charge in [0.25, 0.3) is 0 Å². The average Bonchev–Trinajstić information content (AvgIpc) is 1.82. The van der Waals surface area contributed by atoms with Crippen LogP contribution in [-0.2, 0) is 4.79 Å². The van der Waals surface area contributed by atoms with Gasteiger partial charge in [-0.15, -0.1) is 0 Å². The second-order valence-corrected chi connectivity index (χ2v) is 1.57. The van der Waals surface area contributed by atoms with Crippen molar-refractivity contribution in [3.05, 3.63) is 12.2 Å². The molecule has 1 N–H and O–H groups in total. The molecule has 0 aromatic heterocycles. The fourth-order valence-electron chi connectivity index (χ4n) is 0.314. The number of nitrogens with zero attached hydrogens (tertiary/aromatic N) is 1. The van der Waals surface area contributed by atoms with E-state index in [1.807, 2.05) is 6.07 Å². The van der Waals surface area contributed by atoms with Crippen molar-refractivity contribution < 1.29 is 9.90 Å². The van der Waals surface area contributed by atoms with Gasteiger partial charge in [0.15, 0.2) is 0 Å². The molecule has 0 aliphatic rings. The number of hydrogen-bond acceptors (Lipinski definition) is 2. The number of nitriles is 1. The second kappa shape index (κ2) is 3.67. The maximum absolute atomic E-state index is 10.00. The Kier molecular flexibility index (Phi) is 3.14. The molecule has 0 amide bonds. The third-order valence-corrected chi connectivity index (χ3v) is 0.841. The minimum Gasteiger partial charge on any atom is -0.478 e. The Morgan fingerprint density at radius 3 is 2.67 bits per heavy atom. The fraction of sp³-hybridized carbons (Fsp3) is 0.333. The summed E-state index contributed by atoms with van der Waals surface area (Å²) in [5.74, 6) is -1.02. The highest BCUT2D eigenvalue weighted by atomic mass is 16.4. The van der Waals surface area contributed by atoms with Gasteiger partial charge in [0.2, 0.25) is 0 Å². The van der Waals surface area contributed by atoms with Crippen molar-refractivity contribution in [2.75, 3.05) is 0 Å². The van der Waals surface area contributed by atoms with E-state index in [2.05, 4.69) is 6.58 Å². The summed E-state index contributed by atoms with van der Waals surface area (Å²) < 4.78 is 0. The van der Waals surface area contributed by atoms with Crippen molar-refractivity contribution >= 4 is 5.97 Å². The SMILES string of the molecule is C=C(CCC#N)C(=O)O. The van der Waals surface area contributed by atoms with Crippen LogP contribution in [0.25, 0.3) is 0 Å². The zero-order valence-electron chi connectivity index (χ0n) is 4.92. The first-order valence-electron chi connectivity index (χ1n) is 2.46. The lowest BCUT2D eigenvalue weighted by Gasteiger charge is -1.90. The lowest BCUT2D eigenvalue weighted by Crippen LogP contribution is -1.97. The third-order valence-electron chi connectivity index (χ3n) is 0.841. The first-order chi connectivity index (χ1) is 4.18. The van der Waals surface area contributed by atoms with Crippen molar-refractivity contribution in [3.8, 4) is 6.07 Å². The molecule has 0 aromatic rings. The largest absolute Gasteiger partial charge is 0.478 e. The van der Waals surface area contributed by atoms with Gasteiger partial charge < -0.3 is 5.11 Å². The van der Waals surface area contributed by atoms with E-state index < -0.39 is 5.97 Å². The maximum Gasteiger partial charge on any atom is 0.330 e. The quantitative estimate of drug-likeness (QED) is 0.571. The summed E-state index contributed by atoms with van der Waals surface area (Å²) in [7, 11) is 0. The molecule has 0 aliphatic carbocycles. The van der Waals surface area contributed by atoms with E-state index in [9.17, 15) is 4.79 Å². The van der Waals surface area contributed by atoms with E-state index in [1.165, 1.54) is 0 Å². The predicted molar refractivity (Wildman–Crippen MR) is 31.6 cm³/mol. The van der Waals surface area contributed by atoms with E-state index in [1.54, 1.807) is 0 Å². The summed E-state index contributed by atoms with van der Waals surface area (Å²) in [5.41, 5.74) is 0.0940. The van der Waals surface area contributed by atoms with Gasteiger partial charge in [-0.05, 0) is 6.42 Å². The predicted octanol–water partition coefficient (Wildman–Crippen LogP) is 0.931. The zero-order valence-corrected chi connectivity index (χ0v) is 4.92. The van der Waals surface area contributed by atoms with Gasteiger partial charge in [0.1, 0.15) is 0 Å². The Labute approximate surface area is 53.2 Å². The van der Waals surface area contributed by atoms with E-state index in [4.69, 9.17) is 10.4 Å². The fourth-order valence-corrected chi connectivity index (χ4v) is 0.314. The smallest absolute Gasteiger partial charge is 0.330 e. The molecular formula is C6H7NO2. The standard InChI is InChI=1S/C6H7NO2/c1-5(6(8)9)3-2-4-7/h1-3H2,(H,8,9). The Morgan fingerprint density at radius 2 is 2.33 bits per heavy atom. The molecule has 0 unspecified atom stereocenters. The molecule has 0 saturated heterocycles. The molecule has 0 saturated carbocycles. The molecule has 0 atom stereocenters. The first-order valence-corrected chi connectivity index (χ1v) is 2.46. The molecule has 0 bridgehead atoms. The number of carboxylic acid groups (broad SMARTS) is 1. The second-order valence-electron chi connectivity index (χ2n) is 1.57. The number of rotatable bonds is 3. The number of hydrogen-bond donors (Lipinski definition) is 1. The number of aliphatic carboxylic acids is 1. The lowest BCUT2D eigenvalue weighted by atomic mass is 10.2. The van der Waals surface area contributed by atoms with Crippen LogP contribution in [0.3, 0.4) is 0 Å². The molecule has 0 spiro atoms. The number of carbonyl (C=O) groups is 1. The van der Waals surface area contributed by atoms with Crippen molar-refractivity contribution in [1.29, 1.82) is 5.26 Å². The van der Waals surface area contributed by atoms with Crippen LogP contribution in [-0.4, -0.2) is 11.1 Å². The van der Waals surface area contributed by atoms with Crippen LogP contribution < -0.4 is 0 Å². The topological polar surface area (TPSA) is 61.1 Å². The van der Waals surface area contributed by atoms with Gasteiger partial charge in [0.05, 0.1) is 6.07 Å². The molecule has 0 radical (unpaired) electrons. The Hall–Kier alpha value is -1.30. The molecular weight excluding hydrogens is 118 g/mol. The van der Waals surface area contributed by atoms with E-state index in [-0.39, 0.29) is 18.4 Å². The summed E-state index contributed by atoms with van der Waals surface area (Å²) in [6.45, 7) is 3.24. The lowest BCUT2D eigenvalue weighted by molar-refractivity contribution is -0.132. The van der Waals surface area contributed by atoms with Crippen molar-refractivity contribution in [1.82, 2.24) is 0 Å². The van der Waals surface area contributed by atoms with Gasteiger partial charge in [-0.1, -0.05) is 6.58 Å². The van der Waals surface area contributed by atoms with Crippen molar-refractivity contribution in [3.63, 3.8) is 0 Å². The molecule has 0 rings (SSSR count). The molecule has 3 nitrogen and oxygen atoms in total. The Bertz CT molecular complexity index is 166. The van der Waals surface area contributed by atoms with Crippen LogP contribution in [0.15, 0.2) is 12.2 Å². The van der Waals surface area contributed by atoms with E-state index in [0.29, 0.717) is 0 Å². The summed E-state index contributed by atoms with van der Waals surface area (Å²) >= 11 is 0. The Morgan fingerprint density at radius 1 is 1.78 bits per heavy atom. The molecule has 0 fully saturated rings. The van der Waals surface area contributed by atoms with Crippen molar-refractivity contribution in [2.45, 2.75) is 12.8 Å². The minimum atomic E-state index is -1.02. The van der Waals surface area contributed by atoms with E-state index in [0.717, 1.165) is 0 Å². The molecule has 9 heavy (non-hydrogen) atoms. The summed E-state index contributed by atoms with van der Waals surface area (Å²) in [4.78, 5) is 10.00. The van der Waals surface area contributed by atoms with Crippen LogP contribution in [0.2, 0.25) is 0 Å².